The van der Waals surface area contributed by atoms with Gasteiger partial charge in [0.25, 0.3) is 0 Å². The van der Waals surface area contributed by atoms with Gasteiger partial charge in [-0.05, 0) is 39.5 Å². The van der Waals surface area contributed by atoms with Crippen molar-refractivity contribution in [3.63, 3.8) is 0 Å². The molecular formula is C12H19NO3. The summed E-state index contributed by atoms with van der Waals surface area (Å²) in [7, 11) is 0. The minimum absolute atomic E-state index is 0.418. The average Bonchev–Trinajstić information content (AvgIpc) is 2.70. The number of hydrogen-bond donors (Lipinski definition) is 2. The van der Waals surface area contributed by atoms with Crippen molar-refractivity contribution in [1.82, 2.24) is 5.32 Å². The topological polar surface area (TPSA) is 66.4 Å². The molecule has 1 rings (SSSR count). The van der Waals surface area contributed by atoms with E-state index in [-0.39, 0.29) is 0 Å². The Morgan fingerprint density at radius 3 is 2.69 bits per heavy atom. The molecule has 0 aromatic carbocycles. The first-order valence-corrected chi connectivity index (χ1v) is 5.64. The van der Waals surface area contributed by atoms with Crippen LogP contribution in [0.25, 0.3) is 0 Å². The van der Waals surface area contributed by atoms with Crippen molar-refractivity contribution in [2.24, 2.45) is 5.41 Å². The largest absolute Gasteiger partial charge is 0.480 e. The Bertz CT molecular complexity index is 318. The highest BCUT2D eigenvalue weighted by Crippen LogP contribution is 2.20. The zero-order valence-electron chi connectivity index (χ0n) is 9.88. The number of carbonyl (C=O) groups is 2. The first kappa shape index (κ1) is 12.7. The van der Waals surface area contributed by atoms with Crippen LogP contribution in [0.4, 0.5) is 0 Å². The molecule has 0 aliphatic heterocycles. The van der Waals surface area contributed by atoms with Gasteiger partial charge >= 0.3 is 5.97 Å². The van der Waals surface area contributed by atoms with E-state index in [2.05, 4.69) is 11.4 Å². The van der Waals surface area contributed by atoms with E-state index in [0.717, 1.165) is 19.3 Å². The number of carboxylic acids is 1. The van der Waals surface area contributed by atoms with Crippen molar-refractivity contribution in [1.29, 1.82) is 0 Å². The van der Waals surface area contributed by atoms with Gasteiger partial charge in [0.2, 0.25) is 5.91 Å². The van der Waals surface area contributed by atoms with Crippen molar-refractivity contribution in [2.45, 2.75) is 39.5 Å². The molecule has 1 aliphatic carbocycles. The Kier molecular flexibility index (Phi) is 4.10. The monoisotopic (exact) mass is 225 g/mol. The van der Waals surface area contributed by atoms with Crippen molar-refractivity contribution >= 4 is 11.9 Å². The van der Waals surface area contributed by atoms with Gasteiger partial charge in [0.1, 0.15) is 5.41 Å². The number of nitrogens with one attached hydrogen (secondary N) is 1. The molecule has 0 bridgehead atoms. The average molecular weight is 225 g/mol. The maximum atomic E-state index is 11.6. The number of carboxylic acid groups (broad SMARTS) is 1. The van der Waals surface area contributed by atoms with Crippen LogP contribution in [-0.2, 0) is 9.59 Å². The van der Waals surface area contributed by atoms with Crippen molar-refractivity contribution in [3.05, 3.63) is 11.6 Å². The molecular weight excluding hydrogens is 206 g/mol. The normalized spacial score (nSPS) is 15.8. The summed E-state index contributed by atoms with van der Waals surface area (Å²) >= 11 is 0. The minimum atomic E-state index is -1.34. The van der Waals surface area contributed by atoms with E-state index in [4.69, 9.17) is 5.11 Å². The van der Waals surface area contributed by atoms with Crippen LogP contribution in [-0.4, -0.2) is 23.5 Å². The van der Waals surface area contributed by atoms with Crippen LogP contribution in [0.2, 0.25) is 0 Å². The van der Waals surface area contributed by atoms with E-state index >= 15 is 0 Å². The van der Waals surface area contributed by atoms with E-state index < -0.39 is 17.3 Å². The highest BCUT2D eigenvalue weighted by atomic mass is 16.4. The molecule has 0 unspecified atom stereocenters. The summed E-state index contributed by atoms with van der Waals surface area (Å²) in [5, 5.41) is 11.5. The van der Waals surface area contributed by atoms with Gasteiger partial charge in [0, 0.05) is 6.54 Å². The number of hydrogen-bond acceptors (Lipinski definition) is 2. The molecule has 0 aromatic heterocycles. The molecule has 0 saturated carbocycles. The van der Waals surface area contributed by atoms with Crippen LogP contribution in [0.3, 0.4) is 0 Å². The quantitative estimate of drug-likeness (QED) is 0.553. The molecule has 0 heterocycles. The van der Waals surface area contributed by atoms with Crippen LogP contribution in [0.5, 0.6) is 0 Å². The Morgan fingerprint density at radius 1 is 1.50 bits per heavy atom. The van der Waals surface area contributed by atoms with E-state index in [1.54, 1.807) is 0 Å². The first-order valence-electron chi connectivity index (χ1n) is 5.64. The van der Waals surface area contributed by atoms with Crippen LogP contribution in [0.1, 0.15) is 39.5 Å². The van der Waals surface area contributed by atoms with E-state index in [9.17, 15) is 9.59 Å². The lowest BCUT2D eigenvalue weighted by Crippen LogP contribution is -2.42. The summed E-state index contributed by atoms with van der Waals surface area (Å²) in [6.45, 7) is 3.36. The smallest absolute Gasteiger partial charge is 0.318 e. The van der Waals surface area contributed by atoms with Crippen molar-refractivity contribution in [2.75, 3.05) is 6.54 Å². The third-order valence-corrected chi connectivity index (χ3v) is 2.97. The van der Waals surface area contributed by atoms with Gasteiger partial charge in [-0.1, -0.05) is 11.6 Å². The molecule has 0 saturated heterocycles. The summed E-state index contributed by atoms with van der Waals surface area (Å²) in [6.07, 6.45) is 6.47. The Balaban J connectivity index is 2.32. The molecule has 4 heteroatoms. The lowest BCUT2D eigenvalue weighted by molar-refractivity contribution is -0.153. The first-order chi connectivity index (χ1) is 7.44. The summed E-state index contributed by atoms with van der Waals surface area (Å²) in [5.41, 5.74) is 0.0257. The fourth-order valence-electron chi connectivity index (χ4n) is 1.62. The molecule has 0 aromatic rings. The fourth-order valence-corrected chi connectivity index (χ4v) is 1.62. The Morgan fingerprint density at radius 2 is 2.19 bits per heavy atom. The van der Waals surface area contributed by atoms with E-state index in [0.29, 0.717) is 6.54 Å². The van der Waals surface area contributed by atoms with Gasteiger partial charge in [-0.3, -0.25) is 9.59 Å². The van der Waals surface area contributed by atoms with Gasteiger partial charge in [0.15, 0.2) is 0 Å². The molecule has 4 nitrogen and oxygen atoms in total. The number of carbonyl (C=O) groups excluding carboxylic acids is 1. The summed E-state index contributed by atoms with van der Waals surface area (Å²) in [5.74, 6) is -1.51. The highest BCUT2D eigenvalue weighted by molar-refractivity contribution is 6.00. The van der Waals surface area contributed by atoms with Gasteiger partial charge in [-0.25, -0.2) is 0 Å². The second-order valence-electron chi connectivity index (χ2n) is 4.69. The molecule has 90 valence electrons. The second-order valence-corrected chi connectivity index (χ2v) is 4.69. The standard InChI is InChI=1S/C12H19NO3/c1-12(2,11(15)16)10(14)13-8-7-9-5-3-4-6-9/h5H,3-4,6-8H2,1-2H3,(H,13,14)(H,15,16). The van der Waals surface area contributed by atoms with Crippen LogP contribution in [0.15, 0.2) is 11.6 Å². The number of amides is 1. The highest BCUT2D eigenvalue weighted by Gasteiger charge is 2.35. The van der Waals surface area contributed by atoms with E-state index in [1.165, 1.54) is 25.8 Å². The molecule has 0 atom stereocenters. The minimum Gasteiger partial charge on any atom is -0.480 e. The van der Waals surface area contributed by atoms with Crippen LogP contribution in [0, 0.1) is 5.41 Å². The zero-order valence-corrected chi connectivity index (χ0v) is 9.88. The predicted octanol–water partition coefficient (Wildman–Crippen LogP) is 1.71. The van der Waals surface area contributed by atoms with E-state index in [1.807, 2.05) is 0 Å². The molecule has 1 amide bonds. The molecule has 1 aliphatic rings. The summed E-state index contributed by atoms with van der Waals surface area (Å²) in [6, 6.07) is 0. The maximum Gasteiger partial charge on any atom is 0.318 e. The Hall–Kier alpha value is -1.32. The van der Waals surface area contributed by atoms with Gasteiger partial charge < -0.3 is 10.4 Å². The summed E-state index contributed by atoms with van der Waals surface area (Å²) in [4.78, 5) is 22.4. The van der Waals surface area contributed by atoms with Gasteiger partial charge in [-0.2, -0.15) is 0 Å². The Labute approximate surface area is 95.7 Å². The second kappa shape index (κ2) is 5.14. The third-order valence-electron chi connectivity index (χ3n) is 2.97. The van der Waals surface area contributed by atoms with Crippen molar-refractivity contribution in [3.8, 4) is 0 Å². The number of aliphatic carboxylic acids is 1. The number of rotatable bonds is 5. The number of allylic oxidation sites excluding steroid dienone is 1. The molecule has 2 N–H and O–H groups in total. The zero-order chi connectivity index (χ0) is 12.2. The molecule has 16 heavy (non-hydrogen) atoms. The maximum absolute atomic E-state index is 11.6. The lowest BCUT2D eigenvalue weighted by Gasteiger charge is -2.18. The molecule has 0 fully saturated rings. The summed E-state index contributed by atoms with van der Waals surface area (Å²) < 4.78 is 0. The van der Waals surface area contributed by atoms with Crippen LogP contribution < -0.4 is 5.32 Å². The molecule has 0 radical (unpaired) electrons. The SMILES string of the molecule is CC(C)(C(=O)O)C(=O)NCCC1=CCCC1. The van der Waals surface area contributed by atoms with Gasteiger partial charge in [-0.15, -0.1) is 0 Å². The van der Waals surface area contributed by atoms with Crippen molar-refractivity contribution < 1.29 is 14.7 Å². The van der Waals surface area contributed by atoms with Gasteiger partial charge in [0.05, 0.1) is 0 Å². The van der Waals surface area contributed by atoms with Crippen LogP contribution >= 0.6 is 0 Å². The lowest BCUT2D eigenvalue weighted by atomic mass is 9.92. The fraction of sp³-hybridized carbons (Fsp3) is 0.667. The predicted molar refractivity (Wildman–Crippen MR) is 61.0 cm³/mol. The molecule has 0 spiro atoms. The third kappa shape index (κ3) is 3.08.